The molecule has 2 rings (SSSR count). The second kappa shape index (κ2) is 11.2. The van der Waals surface area contributed by atoms with E-state index >= 15 is 0 Å². The Morgan fingerprint density at radius 2 is 1.90 bits per heavy atom. The minimum absolute atomic E-state index is 0.406. The third kappa shape index (κ3) is 8.73. The molecule has 0 N–H and O–H groups in total. The number of nitrogens with zero attached hydrogens (tertiary/aromatic N) is 2. The van der Waals surface area contributed by atoms with E-state index in [2.05, 4.69) is 42.7 Å². The normalized spacial score (nSPS) is 21.9. The predicted molar refractivity (Wildman–Crippen MR) is 99.0 cm³/mol. The van der Waals surface area contributed by atoms with Gasteiger partial charge in [-0.25, -0.2) is 0 Å². The van der Waals surface area contributed by atoms with Gasteiger partial charge in [0.2, 0.25) is 0 Å². The first-order chi connectivity index (χ1) is 10.1. The molecular weight excluding hydrogens is 410 g/mol. The molecule has 1 atom stereocenters. The van der Waals surface area contributed by atoms with Crippen molar-refractivity contribution in [1.82, 2.24) is 0 Å². The van der Waals surface area contributed by atoms with Gasteiger partial charge in [-0.3, -0.25) is 0 Å². The Bertz CT molecular complexity index is 329. The van der Waals surface area contributed by atoms with Crippen molar-refractivity contribution in [3.8, 4) is 0 Å². The molecule has 0 aromatic heterocycles. The maximum atomic E-state index is 6.11. The van der Waals surface area contributed by atoms with Gasteiger partial charge in [-0.15, -0.1) is 25.2 Å². The molecule has 0 aliphatic carbocycles. The molecule has 2 aliphatic heterocycles. The summed E-state index contributed by atoms with van der Waals surface area (Å²) in [6.45, 7) is 6.16. The molecule has 1 saturated heterocycles. The van der Waals surface area contributed by atoms with E-state index in [0.29, 0.717) is 6.04 Å². The quantitative estimate of drug-likeness (QED) is 0.441. The summed E-state index contributed by atoms with van der Waals surface area (Å²) in [5.74, 6) is 0. The molecule has 0 aromatic rings. The summed E-state index contributed by atoms with van der Waals surface area (Å²) < 4.78 is 2.23. The molecule has 0 aromatic carbocycles. The van der Waals surface area contributed by atoms with Crippen LogP contribution in [-0.4, -0.2) is 35.3 Å². The van der Waals surface area contributed by atoms with Gasteiger partial charge in [0, 0.05) is 0 Å². The third-order valence-corrected chi connectivity index (χ3v) is 15.7. The zero-order valence-electron chi connectivity index (χ0n) is 13.3. The fraction of sp³-hybridized carbons (Fsp3) is 0.750. The van der Waals surface area contributed by atoms with Crippen LogP contribution in [0.25, 0.3) is 10.6 Å². The van der Waals surface area contributed by atoms with Gasteiger partial charge < -0.3 is 10.6 Å². The number of hydrogen-bond donors (Lipinski definition) is 0. The second-order valence-electron chi connectivity index (χ2n) is 5.63. The van der Waals surface area contributed by atoms with E-state index in [9.17, 15) is 0 Å². The average molecular weight is 438 g/mol. The van der Waals surface area contributed by atoms with Crippen molar-refractivity contribution in [2.45, 2.75) is 60.9 Å². The summed E-state index contributed by atoms with van der Waals surface area (Å²) in [7, 11) is 12.2. The van der Waals surface area contributed by atoms with Crippen molar-refractivity contribution >= 4 is 34.0 Å². The van der Waals surface area contributed by atoms with E-state index in [0.717, 1.165) is 34.8 Å². The molecule has 2 nitrogen and oxygen atoms in total. The molecule has 0 saturated carbocycles. The van der Waals surface area contributed by atoms with Crippen LogP contribution in [0.5, 0.6) is 0 Å². The second-order valence-corrected chi connectivity index (χ2v) is 24.4. The molecule has 0 spiro atoms. The summed E-state index contributed by atoms with van der Waals surface area (Å²) in [5.41, 5.74) is 1.19. The van der Waals surface area contributed by atoms with Crippen LogP contribution in [0.2, 0.25) is 8.87 Å². The van der Waals surface area contributed by atoms with Gasteiger partial charge in [-0.1, -0.05) is 31.4 Å². The van der Waals surface area contributed by atoms with E-state index in [1.54, 1.807) is 0 Å². The van der Waals surface area contributed by atoms with Gasteiger partial charge in [0.05, 0.1) is 0 Å². The minimum atomic E-state index is -2.43. The summed E-state index contributed by atoms with van der Waals surface area (Å²) in [4.78, 5) is 0. The van der Waals surface area contributed by atoms with Crippen LogP contribution in [0.3, 0.4) is 0 Å². The summed E-state index contributed by atoms with van der Waals surface area (Å²) in [5, 5.41) is 8.99. The molecule has 0 bridgehead atoms. The molecule has 0 radical (unpaired) electrons. The van der Waals surface area contributed by atoms with Crippen molar-refractivity contribution in [2.75, 3.05) is 13.1 Å². The fourth-order valence-corrected chi connectivity index (χ4v) is 12.5. The number of halogens is 2. The summed E-state index contributed by atoms with van der Waals surface area (Å²) in [6.07, 6.45) is 12.3. The molecule has 1 fully saturated rings. The fourth-order valence-electron chi connectivity index (χ4n) is 2.54. The van der Waals surface area contributed by atoms with Gasteiger partial charge in [-0.2, -0.15) is 5.70 Å². The Balaban J connectivity index is 0.000000222. The zero-order chi connectivity index (χ0) is 15.6. The van der Waals surface area contributed by atoms with Crippen molar-refractivity contribution in [2.24, 2.45) is 0 Å². The van der Waals surface area contributed by atoms with Crippen LogP contribution in [0.4, 0.5) is 0 Å². The predicted octanol–water partition coefficient (Wildman–Crippen LogP) is 6.47. The Morgan fingerprint density at radius 1 is 1.19 bits per heavy atom. The van der Waals surface area contributed by atoms with Crippen molar-refractivity contribution in [3.63, 3.8) is 0 Å². The van der Waals surface area contributed by atoms with Gasteiger partial charge in [-0.05, 0) is 0 Å². The number of piperidine rings is 1. The van der Waals surface area contributed by atoms with Crippen molar-refractivity contribution < 1.29 is 0 Å². The number of rotatable bonds is 5. The Labute approximate surface area is 142 Å². The Morgan fingerprint density at radius 3 is 2.38 bits per heavy atom. The van der Waals surface area contributed by atoms with E-state index < -0.39 is 16.1 Å². The Hall–Kier alpha value is 0.619. The first-order valence-electron chi connectivity index (χ1n) is 8.17. The summed E-state index contributed by atoms with van der Waals surface area (Å²) in [6, 6.07) is 0.406. The molecule has 122 valence electrons. The van der Waals surface area contributed by atoms with E-state index in [-0.39, 0.29) is 0 Å². The Kier molecular flexibility index (Phi) is 10.5. The van der Waals surface area contributed by atoms with Crippen LogP contribution >= 0.6 is 17.8 Å². The van der Waals surface area contributed by atoms with Crippen LogP contribution < -0.4 is 0 Å². The van der Waals surface area contributed by atoms with Crippen molar-refractivity contribution in [1.29, 1.82) is 0 Å². The molecule has 1 unspecified atom stereocenters. The zero-order valence-corrected chi connectivity index (χ0v) is 17.7. The number of hydrogen-bond acceptors (Lipinski definition) is 0. The molecular formula is C16H28Cl2N2Sn-2. The van der Waals surface area contributed by atoms with Gasteiger partial charge in [0.1, 0.15) is 0 Å². The first-order valence-corrected chi connectivity index (χ1v) is 19.4. The van der Waals surface area contributed by atoms with Crippen LogP contribution in [0.15, 0.2) is 23.9 Å². The van der Waals surface area contributed by atoms with E-state index in [1.165, 1.54) is 25.0 Å². The molecule has 2 heterocycles. The monoisotopic (exact) mass is 438 g/mol. The summed E-state index contributed by atoms with van der Waals surface area (Å²) >= 11 is -2.43. The van der Waals surface area contributed by atoms with Crippen molar-refractivity contribution in [3.05, 3.63) is 34.6 Å². The molecule has 5 heteroatoms. The van der Waals surface area contributed by atoms with Gasteiger partial charge in [0.25, 0.3) is 0 Å². The van der Waals surface area contributed by atoms with Crippen LogP contribution in [0.1, 0.15) is 46.0 Å². The SMILES string of the molecule is C1=CC[N-]C(C2CCCC[N-]2)=C1.CC[CH2][Sn]([Cl])([Cl])[CH2]CC. The third-order valence-electron chi connectivity index (χ3n) is 3.59. The number of allylic oxidation sites excluding steroid dienone is 2. The molecule has 0 amide bonds. The molecule has 21 heavy (non-hydrogen) atoms. The molecule has 2 aliphatic rings. The van der Waals surface area contributed by atoms with Gasteiger partial charge in [0.15, 0.2) is 0 Å². The van der Waals surface area contributed by atoms with Crippen LogP contribution in [-0.2, 0) is 0 Å². The topological polar surface area (TPSA) is 28.2 Å². The standard InChI is InChI=1S/C10H14N2.2C3H7.2ClH.Sn/c1-3-7-11-9(5-1)10-6-2-4-8-12-10;2*1-3-2;;;/h1,3,5,10H,2,4,6-8H2;2*1,3H2,2H3;2*1H;/q-2;;;;;+2/p-2. The van der Waals surface area contributed by atoms with Crippen LogP contribution in [0, 0.1) is 0 Å². The van der Waals surface area contributed by atoms with E-state index in [4.69, 9.17) is 17.8 Å². The van der Waals surface area contributed by atoms with Gasteiger partial charge >= 0.3 is 69.5 Å². The maximum absolute atomic E-state index is 6.11. The van der Waals surface area contributed by atoms with E-state index in [1.807, 2.05) is 0 Å². The average Bonchev–Trinajstić information content (AvgIpc) is 2.49. The first kappa shape index (κ1) is 19.7.